The van der Waals surface area contributed by atoms with Crippen molar-refractivity contribution in [3.63, 3.8) is 0 Å². The Morgan fingerprint density at radius 2 is 1.45 bits per heavy atom. The van der Waals surface area contributed by atoms with Crippen LogP contribution in [0.2, 0.25) is 10.0 Å². The highest BCUT2D eigenvalue weighted by Gasteiger charge is 2.16. The molecule has 0 spiro atoms. The number of nitrogens with one attached hydrogen (secondary N) is 1. The van der Waals surface area contributed by atoms with Crippen LogP contribution in [0.5, 0.6) is 0 Å². The first-order valence-electron chi connectivity index (χ1n) is 9.54. The van der Waals surface area contributed by atoms with Crippen molar-refractivity contribution >= 4 is 78.4 Å². The lowest BCUT2D eigenvalue weighted by molar-refractivity contribution is -0.113. The minimum Gasteiger partial charge on any atom is -0.324 e. The molecule has 0 saturated heterocycles. The van der Waals surface area contributed by atoms with E-state index in [9.17, 15) is 4.79 Å². The third-order valence-electron chi connectivity index (χ3n) is 4.46. The fourth-order valence-corrected chi connectivity index (χ4v) is 4.36. The summed E-state index contributed by atoms with van der Waals surface area (Å²) in [4.78, 5) is 17.2. The summed E-state index contributed by atoms with van der Waals surface area (Å²) >= 11 is 20.3. The predicted molar refractivity (Wildman–Crippen MR) is 142 cm³/mol. The number of aromatic nitrogens is 3. The van der Waals surface area contributed by atoms with E-state index >= 15 is 0 Å². The zero-order valence-corrected chi connectivity index (χ0v) is 22.2. The molecule has 1 amide bonds. The van der Waals surface area contributed by atoms with Gasteiger partial charge in [-0.05, 0) is 36.4 Å². The maximum Gasteiger partial charge on any atom is 0.234 e. The molecule has 0 bridgehead atoms. The Hall–Kier alpha value is -1.97. The maximum absolute atomic E-state index is 12.4. The molecule has 0 fully saturated rings. The molecule has 0 aliphatic heterocycles. The first-order valence-corrected chi connectivity index (χ1v) is 12.9. The second-order valence-corrected chi connectivity index (χ2v) is 10.3. The Morgan fingerprint density at radius 3 is 2.09 bits per heavy atom. The highest BCUT2D eigenvalue weighted by molar-refractivity contribution is 9.10. The number of thioether (sulfide) groups is 1. The van der Waals surface area contributed by atoms with Gasteiger partial charge in [-0.25, -0.2) is 4.98 Å². The smallest absolute Gasteiger partial charge is 0.234 e. The summed E-state index contributed by atoms with van der Waals surface area (Å²) in [6, 6.07) is 20.6. The Bertz CT molecular complexity index is 1310. The third-order valence-corrected chi connectivity index (χ3v) is 7.17. The predicted octanol–water partition coefficient (Wildman–Crippen LogP) is 7.77. The number of anilines is 1. The molecule has 0 saturated carbocycles. The van der Waals surface area contributed by atoms with Crippen molar-refractivity contribution in [1.82, 2.24) is 15.2 Å². The molecule has 0 atom stereocenters. The monoisotopic (exact) mass is 622 g/mol. The van der Waals surface area contributed by atoms with E-state index in [4.69, 9.17) is 28.2 Å². The van der Waals surface area contributed by atoms with Crippen LogP contribution in [0.25, 0.3) is 22.5 Å². The molecule has 3 aromatic carbocycles. The second-order valence-electron chi connectivity index (χ2n) is 6.74. The van der Waals surface area contributed by atoms with Crippen molar-refractivity contribution < 1.29 is 4.79 Å². The molecule has 33 heavy (non-hydrogen) atoms. The van der Waals surface area contributed by atoms with Crippen LogP contribution in [0.1, 0.15) is 0 Å². The topological polar surface area (TPSA) is 67.8 Å². The first-order chi connectivity index (χ1) is 15.9. The van der Waals surface area contributed by atoms with E-state index in [-0.39, 0.29) is 11.7 Å². The molecular formula is C23H14Br2Cl2N4OS. The van der Waals surface area contributed by atoms with Crippen LogP contribution in [0.4, 0.5) is 5.69 Å². The standard InChI is InChI=1S/C23H14Br2Cl2N4OS/c24-15-8-4-13(5-9-15)21-22(14-6-10-16(25)11-7-14)30-31-23(29-21)33-12-19(32)28-18-3-1-2-17(26)20(18)27/h1-11H,12H2,(H,28,32). The number of benzene rings is 3. The lowest BCUT2D eigenvalue weighted by Crippen LogP contribution is -2.15. The van der Waals surface area contributed by atoms with Gasteiger partial charge in [-0.1, -0.05) is 97.2 Å². The van der Waals surface area contributed by atoms with Crippen molar-refractivity contribution in [2.75, 3.05) is 11.1 Å². The second kappa shape index (κ2) is 11.0. The van der Waals surface area contributed by atoms with E-state index in [1.165, 1.54) is 11.8 Å². The molecule has 166 valence electrons. The van der Waals surface area contributed by atoms with Gasteiger partial charge in [-0.2, -0.15) is 0 Å². The molecule has 1 N–H and O–H groups in total. The number of carbonyl (C=O) groups is 1. The number of rotatable bonds is 6. The van der Waals surface area contributed by atoms with Crippen LogP contribution in [0.15, 0.2) is 80.8 Å². The fraction of sp³-hybridized carbons (Fsp3) is 0.0435. The molecule has 0 radical (unpaired) electrons. The Balaban J connectivity index is 1.58. The van der Waals surface area contributed by atoms with E-state index < -0.39 is 0 Å². The number of amides is 1. The number of nitrogens with zero attached hydrogens (tertiary/aromatic N) is 3. The van der Waals surface area contributed by atoms with Crippen molar-refractivity contribution in [3.8, 4) is 22.5 Å². The number of halogens is 4. The average molecular weight is 625 g/mol. The molecule has 0 aliphatic rings. The van der Waals surface area contributed by atoms with E-state index in [1.54, 1.807) is 18.2 Å². The molecular weight excluding hydrogens is 611 g/mol. The Labute approximate surface area is 221 Å². The summed E-state index contributed by atoms with van der Waals surface area (Å²) < 4.78 is 1.93. The third kappa shape index (κ3) is 6.13. The fourth-order valence-electron chi connectivity index (χ4n) is 2.90. The van der Waals surface area contributed by atoms with Crippen molar-refractivity contribution in [2.24, 2.45) is 0 Å². The number of carbonyl (C=O) groups excluding carboxylic acids is 1. The van der Waals surface area contributed by atoms with Gasteiger partial charge in [-0.15, -0.1) is 10.2 Å². The molecule has 4 aromatic rings. The summed E-state index contributed by atoms with van der Waals surface area (Å²) in [6.07, 6.45) is 0. The van der Waals surface area contributed by atoms with Crippen LogP contribution in [0.3, 0.4) is 0 Å². The van der Waals surface area contributed by atoms with Gasteiger partial charge in [0.2, 0.25) is 11.1 Å². The minimum atomic E-state index is -0.255. The average Bonchev–Trinajstić information content (AvgIpc) is 2.82. The van der Waals surface area contributed by atoms with Crippen LogP contribution >= 0.6 is 66.8 Å². The summed E-state index contributed by atoms with van der Waals surface area (Å²) in [5.74, 6) is -0.169. The number of hydrogen-bond donors (Lipinski definition) is 1. The van der Waals surface area contributed by atoms with E-state index in [0.717, 1.165) is 20.1 Å². The van der Waals surface area contributed by atoms with Crippen molar-refractivity contribution in [3.05, 3.63) is 85.7 Å². The normalized spacial score (nSPS) is 10.8. The zero-order valence-electron chi connectivity index (χ0n) is 16.7. The largest absolute Gasteiger partial charge is 0.324 e. The molecule has 1 heterocycles. The van der Waals surface area contributed by atoms with Gasteiger partial charge < -0.3 is 5.32 Å². The van der Waals surface area contributed by atoms with Crippen LogP contribution in [-0.2, 0) is 4.79 Å². The van der Waals surface area contributed by atoms with Crippen LogP contribution in [0, 0.1) is 0 Å². The quantitative estimate of drug-likeness (QED) is 0.222. The highest BCUT2D eigenvalue weighted by Crippen LogP contribution is 2.32. The summed E-state index contributed by atoms with van der Waals surface area (Å²) in [5, 5.41) is 12.5. The van der Waals surface area contributed by atoms with Gasteiger partial charge >= 0.3 is 0 Å². The summed E-state index contributed by atoms with van der Waals surface area (Å²) in [6.45, 7) is 0. The van der Waals surface area contributed by atoms with Gasteiger partial charge in [-0.3, -0.25) is 4.79 Å². The van der Waals surface area contributed by atoms with E-state index in [1.807, 2.05) is 48.5 Å². The van der Waals surface area contributed by atoms with Gasteiger partial charge in [0.05, 0.1) is 21.5 Å². The van der Waals surface area contributed by atoms with Gasteiger partial charge in [0.25, 0.3) is 0 Å². The van der Waals surface area contributed by atoms with Crippen molar-refractivity contribution in [1.29, 1.82) is 0 Å². The lowest BCUT2D eigenvalue weighted by Gasteiger charge is -2.10. The summed E-state index contributed by atoms with van der Waals surface area (Å²) in [7, 11) is 0. The lowest BCUT2D eigenvalue weighted by atomic mass is 10.0. The number of hydrogen-bond acceptors (Lipinski definition) is 5. The van der Waals surface area contributed by atoms with Crippen LogP contribution < -0.4 is 5.32 Å². The molecule has 4 rings (SSSR count). The van der Waals surface area contributed by atoms with Gasteiger partial charge in [0.15, 0.2) is 0 Å². The van der Waals surface area contributed by atoms with Crippen LogP contribution in [-0.4, -0.2) is 26.8 Å². The highest BCUT2D eigenvalue weighted by atomic mass is 79.9. The molecule has 0 aliphatic carbocycles. The maximum atomic E-state index is 12.4. The molecule has 5 nitrogen and oxygen atoms in total. The Kier molecular flexibility index (Phi) is 8.03. The SMILES string of the molecule is O=C(CSc1nnc(-c2ccc(Br)cc2)c(-c2ccc(Br)cc2)n1)Nc1cccc(Cl)c1Cl. The van der Waals surface area contributed by atoms with E-state index in [2.05, 4.69) is 47.4 Å². The minimum absolute atomic E-state index is 0.0852. The molecule has 0 unspecified atom stereocenters. The van der Waals surface area contributed by atoms with Crippen molar-refractivity contribution in [2.45, 2.75) is 5.16 Å². The molecule has 1 aromatic heterocycles. The first kappa shape index (κ1) is 24.2. The van der Waals surface area contributed by atoms with Gasteiger partial charge in [0, 0.05) is 20.1 Å². The van der Waals surface area contributed by atoms with Gasteiger partial charge in [0.1, 0.15) is 11.4 Å². The van der Waals surface area contributed by atoms with E-state index in [0.29, 0.717) is 32.3 Å². The molecule has 10 heteroatoms. The summed E-state index contributed by atoms with van der Waals surface area (Å²) in [5.41, 5.74) is 3.57. The zero-order chi connectivity index (χ0) is 23.4. The Morgan fingerprint density at radius 1 is 0.848 bits per heavy atom.